The van der Waals surface area contributed by atoms with Crippen LogP contribution in [0.15, 0.2) is 42.0 Å². The molecule has 0 bridgehead atoms. The number of alkyl carbamates (subject to hydrolysis) is 1. The Bertz CT molecular complexity index is 842. The fourth-order valence-electron chi connectivity index (χ4n) is 2.97. The predicted octanol–water partition coefficient (Wildman–Crippen LogP) is 3.63. The second-order valence-electron chi connectivity index (χ2n) is 8.39. The quantitative estimate of drug-likeness (QED) is 0.260. The summed E-state index contributed by atoms with van der Waals surface area (Å²) in [5.41, 5.74) is 0.0495. The molecule has 3 N–H and O–H groups in total. The molecule has 0 aliphatic rings. The fraction of sp³-hybridized carbons (Fsp3) is 0.545. The van der Waals surface area contributed by atoms with Crippen LogP contribution in [-0.2, 0) is 11.3 Å². The highest BCUT2D eigenvalue weighted by Gasteiger charge is 2.30. The summed E-state index contributed by atoms with van der Waals surface area (Å²) in [7, 11) is 1.72. The second kappa shape index (κ2) is 12.6. The lowest BCUT2D eigenvalue weighted by Gasteiger charge is -2.34. The van der Waals surface area contributed by atoms with Gasteiger partial charge in [-0.2, -0.15) is 0 Å². The van der Waals surface area contributed by atoms with Crippen molar-refractivity contribution < 1.29 is 9.53 Å². The van der Waals surface area contributed by atoms with Crippen LogP contribution in [0.3, 0.4) is 0 Å². The number of halogens is 1. The Labute approximate surface area is 207 Å². The molecule has 32 heavy (non-hydrogen) atoms. The molecule has 9 nitrogen and oxygen atoms in total. The summed E-state index contributed by atoms with van der Waals surface area (Å²) in [6.45, 7) is 10.8. The van der Waals surface area contributed by atoms with Crippen LogP contribution < -0.4 is 16.0 Å². The van der Waals surface area contributed by atoms with Gasteiger partial charge in [0.05, 0.1) is 5.54 Å². The van der Waals surface area contributed by atoms with E-state index in [4.69, 9.17) is 4.74 Å². The summed E-state index contributed by atoms with van der Waals surface area (Å²) < 4.78 is 7.29. The van der Waals surface area contributed by atoms with Gasteiger partial charge in [-0.05, 0) is 45.2 Å². The number of carbonyl (C=O) groups excluding carboxylic acids is 1. The molecule has 0 aliphatic carbocycles. The minimum Gasteiger partial charge on any atom is -0.444 e. The molecule has 2 aromatic heterocycles. The van der Waals surface area contributed by atoms with E-state index in [1.807, 2.05) is 63.7 Å². The van der Waals surface area contributed by atoms with Crippen LogP contribution in [0.25, 0.3) is 5.82 Å². The summed E-state index contributed by atoms with van der Waals surface area (Å²) in [6, 6.07) is 3.95. The number of pyridine rings is 1. The molecule has 0 spiro atoms. The number of rotatable bonds is 8. The van der Waals surface area contributed by atoms with E-state index in [1.165, 1.54) is 0 Å². The molecular formula is C22H36IN7O2. The van der Waals surface area contributed by atoms with Gasteiger partial charge in [-0.3, -0.25) is 9.56 Å². The summed E-state index contributed by atoms with van der Waals surface area (Å²) in [4.78, 5) is 25.1. The summed E-state index contributed by atoms with van der Waals surface area (Å²) in [5.74, 6) is 1.46. The number of hydrogen-bond donors (Lipinski definition) is 3. The fourth-order valence-corrected chi connectivity index (χ4v) is 2.97. The highest BCUT2D eigenvalue weighted by Crippen LogP contribution is 2.16. The van der Waals surface area contributed by atoms with Crippen molar-refractivity contribution in [2.45, 2.75) is 65.1 Å². The number of hydrogen-bond acceptors (Lipinski definition) is 5. The summed E-state index contributed by atoms with van der Waals surface area (Å²) in [5, 5.41) is 9.64. The van der Waals surface area contributed by atoms with Crippen molar-refractivity contribution in [1.29, 1.82) is 0 Å². The third-order valence-corrected chi connectivity index (χ3v) is 4.98. The van der Waals surface area contributed by atoms with Gasteiger partial charge in [0.15, 0.2) is 5.96 Å². The van der Waals surface area contributed by atoms with Crippen molar-refractivity contribution in [2.24, 2.45) is 4.99 Å². The molecule has 0 saturated carbocycles. The Balaban J connectivity index is 0.00000512. The topological polar surface area (TPSA) is 105 Å². The summed E-state index contributed by atoms with van der Waals surface area (Å²) in [6.07, 6.45) is 8.21. The molecule has 10 heteroatoms. The van der Waals surface area contributed by atoms with Crippen LogP contribution in [0.4, 0.5) is 4.79 Å². The normalized spacial score (nSPS) is 12.0. The standard InChI is InChI=1S/C22H35N7O2.HI/c1-7-22(8-2,28-20(30)31-21(3,4)5)15-27-19(23-6)26-14-17-9-10-18(25-13-17)29-12-11-24-16-29;/h9-13,16H,7-8,14-15H2,1-6H3,(H,28,30)(H2,23,26,27);1H. The van der Waals surface area contributed by atoms with Gasteiger partial charge in [0.1, 0.15) is 17.7 Å². The lowest BCUT2D eigenvalue weighted by molar-refractivity contribution is 0.0448. The van der Waals surface area contributed by atoms with Gasteiger partial charge in [-0.1, -0.05) is 19.9 Å². The molecule has 2 heterocycles. The predicted molar refractivity (Wildman–Crippen MR) is 138 cm³/mol. The lowest BCUT2D eigenvalue weighted by Crippen LogP contribution is -2.57. The number of imidazole rings is 1. The molecule has 178 valence electrons. The van der Waals surface area contributed by atoms with Gasteiger partial charge in [-0.25, -0.2) is 14.8 Å². The van der Waals surface area contributed by atoms with E-state index in [-0.39, 0.29) is 24.0 Å². The van der Waals surface area contributed by atoms with E-state index < -0.39 is 17.2 Å². The van der Waals surface area contributed by atoms with Crippen LogP contribution in [0.2, 0.25) is 0 Å². The Morgan fingerprint density at radius 1 is 1.19 bits per heavy atom. The first-order chi connectivity index (χ1) is 14.7. The van der Waals surface area contributed by atoms with E-state index in [9.17, 15) is 4.79 Å². The number of aliphatic imine (C=N–C) groups is 1. The van der Waals surface area contributed by atoms with Crippen molar-refractivity contribution in [3.05, 3.63) is 42.6 Å². The van der Waals surface area contributed by atoms with E-state index in [2.05, 4.69) is 30.9 Å². The highest BCUT2D eigenvalue weighted by atomic mass is 127. The molecule has 0 atom stereocenters. The highest BCUT2D eigenvalue weighted by molar-refractivity contribution is 14.0. The Morgan fingerprint density at radius 3 is 2.41 bits per heavy atom. The molecule has 2 aromatic rings. The number of amides is 1. The Hall–Kier alpha value is -2.37. The minimum absolute atomic E-state index is 0. The van der Waals surface area contributed by atoms with E-state index in [0.29, 0.717) is 19.0 Å². The lowest BCUT2D eigenvalue weighted by atomic mass is 9.93. The van der Waals surface area contributed by atoms with E-state index in [0.717, 1.165) is 24.2 Å². The van der Waals surface area contributed by atoms with Crippen LogP contribution in [0.1, 0.15) is 53.0 Å². The molecule has 0 fully saturated rings. The van der Waals surface area contributed by atoms with Crippen LogP contribution in [0.5, 0.6) is 0 Å². The largest absolute Gasteiger partial charge is 0.444 e. The molecule has 0 radical (unpaired) electrons. The second-order valence-corrected chi connectivity index (χ2v) is 8.39. The van der Waals surface area contributed by atoms with Crippen molar-refractivity contribution in [2.75, 3.05) is 13.6 Å². The van der Waals surface area contributed by atoms with Crippen LogP contribution in [-0.4, -0.2) is 51.3 Å². The number of nitrogens with zero attached hydrogens (tertiary/aromatic N) is 4. The SMILES string of the molecule is CCC(CC)(CNC(=NC)NCc1ccc(-n2ccnc2)nc1)NC(=O)OC(C)(C)C.I. The third-order valence-electron chi connectivity index (χ3n) is 4.98. The Morgan fingerprint density at radius 2 is 1.91 bits per heavy atom. The van der Waals surface area contributed by atoms with Gasteiger partial charge in [0.25, 0.3) is 0 Å². The zero-order valence-corrected chi connectivity index (χ0v) is 22.1. The van der Waals surface area contributed by atoms with Crippen molar-refractivity contribution >= 4 is 36.0 Å². The first-order valence-corrected chi connectivity index (χ1v) is 10.6. The average molecular weight is 557 g/mol. The number of aromatic nitrogens is 3. The smallest absolute Gasteiger partial charge is 0.408 e. The van der Waals surface area contributed by atoms with Gasteiger partial charge < -0.3 is 20.7 Å². The van der Waals surface area contributed by atoms with Crippen molar-refractivity contribution in [3.63, 3.8) is 0 Å². The van der Waals surface area contributed by atoms with Crippen molar-refractivity contribution in [3.8, 4) is 5.82 Å². The number of guanidine groups is 1. The molecular weight excluding hydrogens is 521 g/mol. The maximum absolute atomic E-state index is 12.3. The van der Waals surface area contributed by atoms with Gasteiger partial charge in [-0.15, -0.1) is 24.0 Å². The van der Waals surface area contributed by atoms with Crippen molar-refractivity contribution in [1.82, 2.24) is 30.5 Å². The van der Waals surface area contributed by atoms with E-state index in [1.54, 1.807) is 19.6 Å². The van der Waals surface area contributed by atoms with Gasteiger partial charge >= 0.3 is 6.09 Å². The third kappa shape index (κ3) is 8.64. The minimum atomic E-state index is -0.538. The number of ether oxygens (including phenoxy) is 1. The van der Waals surface area contributed by atoms with Crippen LogP contribution >= 0.6 is 24.0 Å². The molecule has 0 aliphatic heterocycles. The van der Waals surface area contributed by atoms with Crippen LogP contribution in [0, 0.1) is 0 Å². The molecule has 1 amide bonds. The monoisotopic (exact) mass is 557 g/mol. The van der Waals surface area contributed by atoms with Gasteiger partial charge in [0.2, 0.25) is 0 Å². The zero-order chi connectivity index (χ0) is 22.9. The number of nitrogens with one attached hydrogen (secondary N) is 3. The Kier molecular flexibility index (Phi) is 10.9. The molecule has 0 aromatic carbocycles. The first-order valence-electron chi connectivity index (χ1n) is 10.6. The van der Waals surface area contributed by atoms with Gasteiger partial charge in [0, 0.05) is 38.7 Å². The first kappa shape index (κ1) is 27.7. The maximum Gasteiger partial charge on any atom is 0.408 e. The molecule has 0 saturated heterocycles. The maximum atomic E-state index is 12.3. The summed E-state index contributed by atoms with van der Waals surface area (Å²) >= 11 is 0. The molecule has 2 rings (SSSR count). The average Bonchev–Trinajstić information content (AvgIpc) is 3.27. The number of carbonyl (C=O) groups is 1. The molecule has 0 unspecified atom stereocenters. The van der Waals surface area contributed by atoms with E-state index >= 15 is 0 Å². The zero-order valence-electron chi connectivity index (χ0n) is 19.8.